The molecule has 3 aliphatic heterocycles. The molecule has 29 heavy (non-hydrogen) atoms. The van der Waals surface area contributed by atoms with Gasteiger partial charge in [0.25, 0.3) is 0 Å². The van der Waals surface area contributed by atoms with Gasteiger partial charge in [-0.3, -0.25) is 9.68 Å². The lowest BCUT2D eigenvalue weighted by Crippen LogP contribution is -2.56. The van der Waals surface area contributed by atoms with E-state index in [9.17, 15) is 4.79 Å². The maximum Gasteiger partial charge on any atom is 0.335 e. The molecular weight excluding hydrogens is 374 g/mol. The number of carbonyl (C=O) groups is 1. The van der Waals surface area contributed by atoms with Crippen LogP contribution in [0.3, 0.4) is 0 Å². The Bertz CT molecular complexity index is 893. The van der Waals surface area contributed by atoms with Crippen LogP contribution in [0, 0.1) is 5.92 Å². The molecule has 0 spiro atoms. The zero-order valence-electron chi connectivity index (χ0n) is 16.3. The Hall–Kier alpha value is -2.29. The summed E-state index contributed by atoms with van der Waals surface area (Å²) in [4.78, 5) is 25.3. The molecule has 0 aromatic heterocycles. The first-order chi connectivity index (χ1) is 14.2. The molecule has 0 radical (unpaired) electrons. The van der Waals surface area contributed by atoms with Crippen molar-refractivity contribution in [1.29, 1.82) is 0 Å². The minimum Gasteiger partial charge on any atom is -0.464 e. The average molecular weight is 397 g/mol. The van der Waals surface area contributed by atoms with Crippen molar-refractivity contribution in [2.75, 3.05) is 20.3 Å². The SMILES string of the molecule is CCOC(=O)[C@]12[C@@H]3[C@H](c4ccccc4)ON1OC[C@H]2OC3(OC)c1ccccc1. The molecule has 3 aliphatic rings. The number of methoxy groups -OCH3 is 1. The van der Waals surface area contributed by atoms with Crippen molar-refractivity contribution in [2.45, 2.75) is 30.5 Å². The highest BCUT2D eigenvalue weighted by Crippen LogP contribution is 2.64. The lowest BCUT2D eigenvalue weighted by Gasteiger charge is -2.36. The standard InChI is InChI=1S/C22H23NO6/c1-3-26-20(24)21-17-14-27-23(21)29-18(15-10-6-4-7-11-15)19(21)22(25-2,28-17)16-12-8-5-9-13-16/h4-13,17-19H,3,14H2,1-2H3/t17-,18+,19+,21+,22?/m1/s1. The van der Waals surface area contributed by atoms with Crippen LogP contribution in [0.2, 0.25) is 0 Å². The zero-order chi connectivity index (χ0) is 20.1. The van der Waals surface area contributed by atoms with Gasteiger partial charge in [0.2, 0.25) is 11.3 Å². The van der Waals surface area contributed by atoms with Crippen LogP contribution < -0.4 is 0 Å². The molecule has 3 saturated heterocycles. The van der Waals surface area contributed by atoms with E-state index in [1.807, 2.05) is 60.7 Å². The molecule has 2 aromatic rings. The molecule has 7 heteroatoms. The van der Waals surface area contributed by atoms with Crippen LogP contribution in [0.15, 0.2) is 60.7 Å². The zero-order valence-corrected chi connectivity index (χ0v) is 16.3. The quantitative estimate of drug-likeness (QED) is 0.719. The number of hydroxylamine groups is 2. The average Bonchev–Trinajstić information content (AvgIpc) is 3.40. The molecule has 0 saturated carbocycles. The number of ether oxygens (including phenoxy) is 3. The van der Waals surface area contributed by atoms with E-state index < -0.39 is 35.4 Å². The fourth-order valence-corrected chi connectivity index (χ4v) is 4.90. The fraction of sp³-hybridized carbons (Fsp3) is 0.409. The first-order valence-corrected chi connectivity index (χ1v) is 9.79. The van der Waals surface area contributed by atoms with Crippen LogP contribution in [-0.4, -0.2) is 43.2 Å². The first-order valence-electron chi connectivity index (χ1n) is 9.79. The van der Waals surface area contributed by atoms with Gasteiger partial charge in [0.15, 0.2) is 0 Å². The lowest BCUT2D eigenvalue weighted by molar-refractivity contribution is -0.357. The molecule has 0 N–H and O–H groups in total. The van der Waals surface area contributed by atoms with Crippen LogP contribution in [0.25, 0.3) is 0 Å². The third-order valence-corrected chi connectivity index (χ3v) is 6.06. The van der Waals surface area contributed by atoms with E-state index in [1.54, 1.807) is 14.0 Å². The Morgan fingerprint density at radius 2 is 1.83 bits per heavy atom. The van der Waals surface area contributed by atoms with Crippen molar-refractivity contribution in [3.05, 3.63) is 71.8 Å². The smallest absolute Gasteiger partial charge is 0.335 e. The molecule has 7 nitrogen and oxygen atoms in total. The fourth-order valence-electron chi connectivity index (χ4n) is 4.90. The highest BCUT2D eigenvalue weighted by molar-refractivity contribution is 5.84. The van der Waals surface area contributed by atoms with Crippen LogP contribution in [-0.2, 0) is 34.5 Å². The van der Waals surface area contributed by atoms with Gasteiger partial charge in [0.1, 0.15) is 18.8 Å². The molecule has 0 amide bonds. The van der Waals surface area contributed by atoms with Gasteiger partial charge >= 0.3 is 5.97 Å². The molecule has 1 unspecified atom stereocenters. The number of nitrogens with zero attached hydrogens (tertiary/aromatic N) is 1. The molecule has 3 fully saturated rings. The summed E-state index contributed by atoms with van der Waals surface area (Å²) in [6.07, 6.45) is -1.12. The Balaban J connectivity index is 1.72. The molecule has 152 valence electrons. The predicted molar refractivity (Wildman–Crippen MR) is 101 cm³/mol. The van der Waals surface area contributed by atoms with E-state index in [-0.39, 0.29) is 13.2 Å². The van der Waals surface area contributed by atoms with Crippen LogP contribution >= 0.6 is 0 Å². The second-order valence-electron chi connectivity index (χ2n) is 7.36. The van der Waals surface area contributed by atoms with E-state index in [0.717, 1.165) is 11.1 Å². The normalized spacial score (nSPS) is 35.6. The summed E-state index contributed by atoms with van der Waals surface area (Å²) in [5.41, 5.74) is 0.459. The van der Waals surface area contributed by atoms with Crippen molar-refractivity contribution in [3.8, 4) is 0 Å². The summed E-state index contributed by atoms with van der Waals surface area (Å²) in [6, 6.07) is 19.4. The van der Waals surface area contributed by atoms with Gasteiger partial charge in [-0.1, -0.05) is 60.7 Å². The van der Waals surface area contributed by atoms with Crippen molar-refractivity contribution in [3.63, 3.8) is 0 Å². The molecule has 5 atom stereocenters. The monoisotopic (exact) mass is 397 g/mol. The number of hydrogen-bond donors (Lipinski definition) is 0. The molecular formula is C22H23NO6. The van der Waals surface area contributed by atoms with E-state index in [0.29, 0.717) is 0 Å². The maximum atomic E-state index is 13.4. The highest BCUT2D eigenvalue weighted by atomic mass is 17.0. The predicted octanol–water partition coefficient (Wildman–Crippen LogP) is 2.74. The number of rotatable bonds is 5. The first kappa shape index (κ1) is 18.7. The highest BCUT2D eigenvalue weighted by Gasteiger charge is 2.81. The van der Waals surface area contributed by atoms with E-state index in [2.05, 4.69) is 0 Å². The summed E-state index contributed by atoms with van der Waals surface area (Å²) in [5.74, 6) is -2.17. The molecule has 2 aromatic carbocycles. The Morgan fingerprint density at radius 1 is 1.14 bits per heavy atom. The van der Waals surface area contributed by atoms with Crippen molar-refractivity contribution in [2.24, 2.45) is 5.92 Å². The van der Waals surface area contributed by atoms with Crippen molar-refractivity contribution < 1.29 is 28.7 Å². The van der Waals surface area contributed by atoms with Gasteiger partial charge in [0.05, 0.1) is 12.5 Å². The summed E-state index contributed by atoms with van der Waals surface area (Å²) in [7, 11) is 1.60. The molecule has 3 heterocycles. The summed E-state index contributed by atoms with van der Waals surface area (Å²) >= 11 is 0. The lowest BCUT2D eigenvalue weighted by atomic mass is 9.73. The molecule has 0 bridgehead atoms. The van der Waals surface area contributed by atoms with E-state index >= 15 is 0 Å². The Kier molecular flexibility index (Phi) is 4.45. The third kappa shape index (κ3) is 2.39. The van der Waals surface area contributed by atoms with Crippen LogP contribution in [0.5, 0.6) is 0 Å². The van der Waals surface area contributed by atoms with Gasteiger partial charge in [0, 0.05) is 12.7 Å². The largest absolute Gasteiger partial charge is 0.464 e. The van der Waals surface area contributed by atoms with Crippen LogP contribution in [0.1, 0.15) is 24.2 Å². The second kappa shape index (κ2) is 6.90. The van der Waals surface area contributed by atoms with Gasteiger partial charge in [-0.25, -0.2) is 4.79 Å². The third-order valence-electron chi connectivity index (χ3n) is 6.06. The van der Waals surface area contributed by atoms with Gasteiger partial charge in [-0.2, -0.15) is 0 Å². The number of carbonyl (C=O) groups excluding carboxylic acids is 1. The van der Waals surface area contributed by atoms with E-state index in [1.165, 1.54) is 5.23 Å². The van der Waals surface area contributed by atoms with Crippen molar-refractivity contribution in [1.82, 2.24) is 5.23 Å². The minimum absolute atomic E-state index is 0.175. The van der Waals surface area contributed by atoms with Gasteiger partial charge in [-0.05, 0) is 17.7 Å². The summed E-state index contributed by atoms with van der Waals surface area (Å²) in [6.45, 7) is 2.20. The summed E-state index contributed by atoms with van der Waals surface area (Å²) in [5, 5.41) is 1.29. The maximum absolute atomic E-state index is 13.4. The topological polar surface area (TPSA) is 66.5 Å². The minimum atomic E-state index is -1.26. The molecule has 0 aliphatic carbocycles. The second-order valence-corrected chi connectivity index (χ2v) is 7.36. The van der Waals surface area contributed by atoms with Gasteiger partial charge in [-0.15, -0.1) is 0 Å². The molecule has 5 rings (SSSR count). The van der Waals surface area contributed by atoms with E-state index in [4.69, 9.17) is 23.9 Å². The van der Waals surface area contributed by atoms with Crippen molar-refractivity contribution >= 4 is 5.97 Å². The van der Waals surface area contributed by atoms with Gasteiger partial charge < -0.3 is 14.2 Å². The number of esters is 1. The Morgan fingerprint density at radius 3 is 2.48 bits per heavy atom. The number of benzene rings is 2. The number of hydrogen-bond acceptors (Lipinski definition) is 7. The Labute approximate surface area is 169 Å². The van der Waals surface area contributed by atoms with Crippen LogP contribution in [0.4, 0.5) is 0 Å². The summed E-state index contributed by atoms with van der Waals surface area (Å²) < 4.78 is 18.1.